The molecule has 1 aliphatic heterocycles. The van der Waals surface area contributed by atoms with Crippen molar-refractivity contribution >= 4 is 18.1 Å². The van der Waals surface area contributed by atoms with E-state index in [-0.39, 0.29) is 11.9 Å². The highest BCUT2D eigenvalue weighted by molar-refractivity contribution is 5.94. The standard InChI is InChI=1S/C14H10N6O3/c21-13-11-5-8(1-2-9(11)7-22-13)12-4-3-10(23-12)6-15-16-14-17-19-20-18-14/h1-6H,7H2,(H2,16,17,18,19,20)/b15-6-. The molecule has 0 atom stereocenters. The number of hydrazone groups is 1. The summed E-state index contributed by atoms with van der Waals surface area (Å²) in [6.07, 6.45) is 1.49. The Hall–Kier alpha value is -3.49. The number of cyclic esters (lactones) is 1. The molecule has 4 rings (SSSR count). The van der Waals surface area contributed by atoms with Crippen LogP contribution >= 0.6 is 0 Å². The SMILES string of the molecule is O=C1OCc2ccc(-c3ccc(/C=N\Nc4nn[nH]n4)o3)cc21. The molecule has 0 aliphatic carbocycles. The number of tetrazole rings is 1. The summed E-state index contributed by atoms with van der Waals surface area (Å²) in [7, 11) is 0. The first kappa shape index (κ1) is 13.2. The summed E-state index contributed by atoms with van der Waals surface area (Å²) in [4.78, 5) is 11.6. The normalized spacial score (nSPS) is 13.3. The quantitative estimate of drug-likeness (QED) is 0.426. The summed E-state index contributed by atoms with van der Waals surface area (Å²) in [5.74, 6) is 1.12. The average Bonchev–Trinajstić information content (AvgIpc) is 3.29. The van der Waals surface area contributed by atoms with E-state index in [0.717, 1.165) is 11.1 Å². The van der Waals surface area contributed by atoms with Gasteiger partial charge in [0.1, 0.15) is 18.1 Å². The van der Waals surface area contributed by atoms with Crippen LogP contribution in [0, 0.1) is 0 Å². The molecule has 3 aromatic rings. The zero-order valence-corrected chi connectivity index (χ0v) is 11.7. The second-order valence-electron chi connectivity index (χ2n) is 4.76. The van der Waals surface area contributed by atoms with Gasteiger partial charge in [0.15, 0.2) is 0 Å². The molecule has 0 saturated heterocycles. The van der Waals surface area contributed by atoms with Gasteiger partial charge in [0.25, 0.3) is 5.95 Å². The second kappa shape index (κ2) is 5.37. The number of carbonyl (C=O) groups is 1. The van der Waals surface area contributed by atoms with Crippen molar-refractivity contribution in [3.8, 4) is 11.3 Å². The van der Waals surface area contributed by atoms with Crippen molar-refractivity contribution in [1.82, 2.24) is 20.6 Å². The minimum absolute atomic E-state index is 0.255. The maximum Gasteiger partial charge on any atom is 0.338 e. The van der Waals surface area contributed by atoms with E-state index in [4.69, 9.17) is 9.15 Å². The van der Waals surface area contributed by atoms with Crippen LogP contribution in [-0.2, 0) is 11.3 Å². The first-order valence-corrected chi connectivity index (χ1v) is 6.72. The van der Waals surface area contributed by atoms with E-state index >= 15 is 0 Å². The predicted molar refractivity (Wildman–Crippen MR) is 78.7 cm³/mol. The molecule has 23 heavy (non-hydrogen) atoms. The molecule has 3 heterocycles. The van der Waals surface area contributed by atoms with Gasteiger partial charge in [-0.3, -0.25) is 0 Å². The van der Waals surface area contributed by atoms with Gasteiger partial charge < -0.3 is 9.15 Å². The van der Waals surface area contributed by atoms with Crippen molar-refractivity contribution in [2.45, 2.75) is 6.61 Å². The van der Waals surface area contributed by atoms with Gasteiger partial charge in [-0.15, -0.1) is 5.10 Å². The number of nitrogens with zero attached hydrogens (tertiary/aromatic N) is 4. The number of furan rings is 1. The maximum atomic E-state index is 11.6. The van der Waals surface area contributed by atoms with Crippen molar-refractivity contribution in [2.75, 3.05) is 5.43 Å². The van der Waals surface area contributed by atoms with Crippen molar-refractivity contribution in [3.05, 3.63) is 47.2 Å². The van der Waals surface area contributed by atoms with Gasteiger partial charge in [-0.2, -0.15) is 10.3 Å². The smallest absolute Gasteiger partial charge is 0.338 e. The van der Waals surface area contributed by atoms with E-state index in [1.54, 1.807) is 18.2 Å². The number of carbonyl (C=O) groups excluding carboxylic acids is 1. The number of fused-ring (bicyclic) bond motifs is 1. The third-order valence-electron chi connectivity index (χ3n) is 3.30. The molecule has 0 amide bonds. The number of esters is 1. The van der Waals surface area contributed by atoms with Crippen LogP contribution in [0.4, 0.5) is 5.95 Å². The third-order valence-corrected chi connectivity index (χ3v) is 3.30. The molecular formula is C14H10N6O3. The van der Waals surface area contributed by atoms with Gasteiger partial charge in [-0.05, 0) is 23.4 Å². The molecule has 0 saturated carbocycles. The number of hydrogen-bond acceptors (Lipinski definition) is 8. The molecule has 9 heteroatoms. The van der Waals surface area contributed by atoms with Crippen LogP contribution in [0.3, 0.4) is 0 Å². The molecule has 0 bridgehead atoms. The number of H-pyrrole nitrogens is 1. The summed E-state index contributed by atoms with van der Waals surface area (Å²) >= 11 is 0. The van der Waals surface area contributed by atoms with Crippen LogP contribution in [0.5, 0.6) is 0 Å². The summed E-state index contributed by atoms with van der Waals surface area (Å²) in [6, 6.07) is 9.09. The van der Waals surface area contributed by atoms with Gasteiger partial charge in [0.05, 0.1) is 11.8 Å². The first-order chi connectivity index (χ1) is 11.3. The monoisotopic (exact) mass is 310 g/mol. The lowest BCUT2D eigenvalue weighted by atomic mass is 10.0. The Morgan fingerprint density at radius 1 is 1.30 bits per heavy atom. The largest absolute Gasteiger partial charge is 0.457 e. The highest BCUT2D eigenvalue weighted by Crippen LogP contribution is 2.27. The number of aromatic nitrogens is 4. The second-order valence-corrected chi connectivity index (χ2v) is 4.76. The van der Waals surface area contributed by atoms with Gasteiger partial charge in [0, 0.05) is 11.1 Å². The van der Waals surface area contributed by atoms with E-state index in [0.29, 0.717) is 23.7 Å². The summed E-state index contributed by atoms with van der Waals surface area (Å²) in [5.41, 5.74) is 4.86. The average molecular weight is 310 g/mol. The molecule has 0 unspecified atom stereocenters. The number of aromatic amines is 1. The van der Waals surface area contributed by atoms with Crippen LogP contribution in [0.2, 0.25) is 0 Å². The number of anilines is 1. The minimum Gasteiger partial charge on any atom is -0.457 e. The Morgan fingerprint density at radius 3 is 3.13 bits per heavy atom. The molecule has 1 aliphatic rings. The zero-order chi connectivity index (χ0) is 15.6. The molecule has 9 nitrogen and oxygen atoms in total. The van der Waals surface area contributed by atoms with Crippen LogP contribution in [0.25, 0.3) is 11.3 Å². The first-order valence-electron chi connectivity index (χ1n) is 6.72. The van der Waals surface area contributed by atoms with Gasteiger partial charge >= 0.3 is 5.97 Å². The Bertz CT molecular complexity index is 884. The van der Waals surface area contributed by atoms with Gasteiger partial charge in [-0.1, -0.05) is 17.2 Å². The fourth-order valence-corrected chi connectivity index (χ4v) is 2.21. The number of nitrogens with one attached hydrogen (secondary N) is 2. The van der Waals surface area contributed by atoms with E-state index in [1.165, 1.54) is 6.21 Å². The zero-order valence-electron chi connectivity index (χ0n) is 11.7. The Balaban J connectivity index is 1.53. The van der Waals surface area contributed by atoms with Crippen molar-refractivity contribution < 1.29 is 13.9 Å². The molecule has 1 aromatic carbocycles. The molecule has 0 spiro atoms. The lowest BCUT2D eigenvalue weighted by Crippen LogP contribution is -1.93. The maximum absolute atomic E-state index is 11.6. The predicted octanol–water partition coefficient (Wildman–Crippen LogP) is 1.58. The van der Waals surface area contributed by atoms with Gasteiger partial charge in [0.2, 0.25) is 0 Å². The minimum atomic E-state index is -0.306. The van der Waals surface area contributed by atoms with Crippen molar-refractivity contribution in [1.29, 1.82) is 0 Å². The van der Waals surface area contributed by atoms with Crippen molar-refractivity contribution in [2.24, 2.45) is 5.10 Å². The highest BCUT2D eigenvalue weighted by atomic mass is 16.5. The highest BCUT2D eigenvalue weighted by Gasteiger charge is 2.21. The topological polar surface area (TPSA) is 118 Å². The summed E-state index contributed by atoms with van der Waals surface area (Å²) in [6.45, 7) is 0.326. The summed E-state index contributed by atoms with van der Waals surface area (Å²) < 4.78 is 10.7. The summed E-state index contributed by atoms with van der Waals surface area (Å²) in [5, 5.41) is 17.0. The number of benzene rings is 1. The molecule has 114 valence electrons. The number of rotatable bonds is 4. The Labute approximate surface area is 129 Å². The van der Waals surface area contributed by atoms with E-state index in [9.17, 15) is 4.79 Å². The lowest BCUT2D eigenvalue weighted by molar-refractivity contribution is 0.0535. The number of hydrogen-bond donors (Lipinski definition) is 2. The van der Waals surface area contributed by atoms with E-state index in [2.05, 4.69) is 31.2 Å². The molecule has 2 N–H and O–H groups in total. The van der Waals surface area contributed by atoms with Crippen LogP contribution in [0.1, 0.15) is 21.7 Å². The van der Waals surface area contributed by atoms with Crippen LogP contribution in [0.15, 0.2) is 39.9 Å². The fourth-order valence-electron chi connectivity index (χ4n) is 2.21. The van der Waals surface area contributed by atoms with Gasteiger partial charge in [-0.25, -0.2) is 10.2 Å². The Morgan fingerprint density at radius 2 is 2.26 bits per heavy atom. The fraction of sp³-hybridized carbons (Fsp3) is 0.0714. The molecule has 2 aromatic heterocycles. The Kier molecular flexibility index (Phi) is 3.08. The van der Waals surface area contributed by atoms with Crippen molar-refractivity contribution in [3.63, 3.8) is 0 Å². The lowest BCUT2D eigenvalue weighted by Gasteiger charge is -1.99. The third kappa shape index (κ3) is 2.55. The number of ether oxygens (including phenoxy) is 1. The molecule has 0 fully saturated rings. The van der Waals surface area contributed by atoms with E-state index in [1.807, 2.05) is 12.1 Å². The molecular weight excluding hydrogens is 300 g/mol. The van der Waals surface area contributed by atoms with Crippen LogP contribution < -0.4 is 5.43 Å². The molecule has 0 radical (unpaired) electrons. The van der Waals surface area contributed by atoms with Crippen LogP contribution in [-0.4, -0.2) is 32.8 Å². The van der Waals surface area contributed by atoms with E-state index < -0.39 is 0 Å².